The standard InChI is InChI=1S/C18H19N5O/c1-12-17(13(2)23(3)22-12)18(24)19-10-15-9-16(21-11-20-15)14-7-5-4-6-8-14/h4-9,11H,10H2,1-3H3,(H,19,24). The summed E-state index contributed by atoms with van der Waals surface area (Å²) in [6.07, 6.45) is 1.52. The SMILES string of the molecule is Cc1nn(C)c(C)c1C(=O)NCc1cc(-c2ccccc2)ncn1. The second kappa shape index (κ2) is 6.62. The van der Waals surface area contributed by atoms with Crippen molar-refractivity contribution in [3.8, 4) is 11.3 Å². The summed E-state index contributed by atoms with van der Waals surface area (Å²) in [5.74, 6) is -0.141. The summed E-state index contributed by atoms with van der Waals surface area (Å²) in [5, 5.41) is 7.18. The van der Waals surface area contributed by atoms with Crippen LogP contribution in [0.1, 0.15) is 27.4 Å². The summed E-state index contributed by atoms with van der Waals surface area (Å²) >= 11 is 0. The molecule has 24 heavy (non-hydrogen) atoms. The predicted octanol–water partition coefficient (Wildman–Crippen LogP) is 2.42. The molecule has 1 aromatic carbocycles. The molecular weight excluding hydrogens is 302 g/mol. The van der Waals surface area contributed by atoms with Crippen molar-refractivity contribution in [3.05, 3.63) is 65.4 Å². The van der Waals surface area contributed by atoms with E-state index in [1.54, 1.807) is 4.68 Å². The molecule has 2 heterocycles. The Morgan fingerprint density at radius 3 is 2.58 bits per heavy atom. The second-order valence-electron chi connectivity index (χ2n) is 5.61. The van der Waals surface area contributed by atoms with Gasteiger partial charge in [0.25, 0.3) is 5.91 Å². The van der Waals surface area contributed by atoms with Crippen LogP contribution in [0.4, 0.5) is 0 Å². The number of aryl methyl sites for hydroxylation is 2. The van der Waals surface area contributed by atoms with E-state index in [1.165, 1.54) is 6.33 Å². The van der Waals surface area contributed by atoms with Gasteiger partial charge in [-0.25, -0.2) is 9.97 Å². The Kier molecular flexibility index (Phi) is 4.37. The summed E-state index contributed by atoms with van der Waals surface area (Å²) in [6, 6.07) is 11.8. The van der Waals surface area contributed by atoms with Gasteiger partial charge in [0.1, 0.15) is 6.33 Å². The van der Waals surface area contributed by atoms with Crippen molar-refractivity contribution >= 4 is 5.91 Å². The van der Waals surface area contributed by atoms with E-state index in [0.29, 0.717) is 12.1 Å². The van der Waals surface area contributed by atoms with E-state index in [9.17, 15) is 4.79 Å². The first kappa shape index (κ1) is 15.9. The number of carbonyl (C=O) groups is 1. The van der Waals surface area contributed by atoms with Gasteiger partial charge in [0.05, 0.1) is 29.2 Å². The molecule has 0 unspecified atom stereocenters. The third-order valence-corrected chi connectivity index (χ3v) is 3.96. The van der Waals surface area contributed by atoms with Crippen LogP contribution >= 0.6 is 0 Å². The predicted molar refractivity (Wildman–Crippen MR) is 91.3 cm³/mol. The maximum Gasteiger partial charge on any atom is 0.255 e. The molecule has 1 N–H and O–H groups in total. The minimum absolute atomic E-state index is 0.141. The molecule has 0 saturated heterocycles. The van der Waals surface area contributed by atoms with Crippen LogP contribution in [0.2, 0.25) is 0 Å². The molecule has 3 rings (SSSR count). The minimum atomic E-state index is -0.141. The molecule has 0 radical (unpaired) electrons. The number of rotatable bonds is 4. The van der Waals surface area contributed by atoms with Crippen LogP contribution in [0.25, 0.3) is 11.3 Å². The van der Waals surface area contributed by atoms with E-state index < -0.39 is 0 Å². The van der Waals surface area contributed by atoms with Crippen LogP contribution in [-0.4, -0.2) is 25.7 Å². The van der Waals surface area contributed by atoms with E-state index in [4.69, 9.17) is 0 Å². The fraction of sp³-hybridized carbons (Fsp3) is 0.222. The van der Waals surface area contributed by atoms with Gasteiger partial charge in [0, 0.05) is 18.3 Å². The van der Waals surface area contributed by atoms with Gasteiger partial charge < -0.3 is 5.32 Å². The highest BCUT2D eigenvalue weighted by Gasteiger charge is 2.17. The zero-order chi connectivity index (χ0) is 17.1. The molecule has 2 aromatic heterocycles. The number of hydrogen-bond acceptors (Lipinski definition) is 4. The summed E-state index contributed by atoms with van der Waals surface area (Å²) in [4.78, 5) is 20.9. The van der Waals surface area contributed by atoms with Crippen LogP contribution in [0.15, 0.2) is 42.7 Å². The highest BCUT2D eigenvalue weighted by Crippen LogP contribution is 2.16. The number of benzene rings is 1. The van der Waals surface area contributed by atoms with Gasteiger partial charge in [-0.3, -0.25) is 9.48 Å². The topological polar surface area (TPSA) is 72.7 Å². The van der Waals surface area contributed by atoms with E-state index in [0.717, 1.165) is 28.3 Å². The van der Waals surface area contributed by atoms with Crippen molar-refractivity contribution in [1.29, 1.82) is 0 Å². The van der Waals surface area contributed by atoms with Crippen LogP contribution in [0.3, 0.4) is 0 Å². The fourth-order valence-corrected chi connectivity index (χ4v) is 2.62. The Hall–Kier alpha value is -3.02. The smallest absolute Gasteiger partial charge is 0.255 e. The number of nitrogens with one attached hydrogen (secondary N) is 1. The third kappa shape index (κ3) is 3.17. The van der Waals surface area contributed by atoms with Gasteiger partial charge in [0.15, 0.2) is 0 Å². The molecule has 0 spiro atoms. The molecule has 0 aliphatic carbocycles. The Labute approximate surface area is 140 Å². The maximum absolute atomic E-state index is 12.4. The van der Waals surface area contributed by atoms with Gasteiger partial charge in [-0.05, 0) is 19.9 Å². The van der Waals surface area contributed by atoms with Gasteiger partial charge in [0.2, 0.25) is 0 Å². The summed E-state index contributed by atoms with van der Waals surface area (Å²) in [5.41, 5.74) is 4.80. The number of aromatic nitrogens is 4. The van der Waals surface area contributed by atoms with Gasteiger partial charge in [-0.2, -0.15) is 5.10 Å². The quantitative estimate of drug-likeness (QED) is 0.801. The number of hydrogen-bond donors (Lipinski definition) is 1. The van der Waals surface area contributed by atoms with Crippen molar-refractivity contribution in [1.82, 2.24) is 25.1 Å². The third-order valence-electron chi connectivity index (χ3n) is 3.96. The molecular formula is C18H19N5O. The molecule has 1 amide bonds. The summed E-state index contributed by atoms with van der Waals surface area (Å²) < 4.78 is 1.71. The van der Waals surface area contributed by atoms with Crippen molar-refractivity contribution in [2.75, 3.05) is 0 Å². The average molecular weight is 321 g/mol. The average Bonchev–Trinajstić information content (AvgIpc) is 2.86. The Bertz CT molecular complexity index is 870. The molecule has 0 fully saturated rings. The van der Waals surface area contributed by atoms with Crippen LogP contribution in [0.5, 0.6) is 0 Å². The molecule has 6 nitrogen and oxygen atoms in total. The lowest BCUT2D eigenvalue weighted by Crippen LogP contribution is -2.24. The molecule has 0 atom stereocenters. The molecule has 6 heteroatoms. The molecule has 0 aliphatic rings. The zero-order valence-electron chi connectivity index (χ0n) is 13.9. The highest BCUT2D eigenvalue weighted by molar-refractivity contribution is 5.96. The molecule has 0 aliphatic heterocycles. The van der Waals surface area contributed by atoms with Gasteiger partial charge in [-0.1, -0.05) is 30.3 Å². The molecule has 0 saturated carbocycles. The number of amides is 1. The van der Waals surface area contributed by atoms with E-state index in [1.807, 2.05) is 57.3 Å². The first-order chi connectivity index (χ1) is 11.6. The lowest BCUT2D eigenvalue weighted by molar-refractivity contribution is 0.0949. The Morgan fingerprint density at radius 1 is 1.17 bits per heavy atom. The largest absolute Gasteiger partial charge is 0.346 e. The molecule has 3 aromatic rings. The Balaban J connectivity index is 1.74. The van der Waals surface area contributed by atoms with Crippen molar-refractivity contribution in [2.45, 2.75) is 20.4 Å². The first-order valence-corrected chi connectivity index (χ1v) is 7.71. The maximum atomic E-state index is 12.4. The fourth-order valence-electron chi connectivity index (χ4n) is 2.62. The zero-order valence-corrected chi connectivity index (χ0v) is 13.9. The monoisotopic (exact) mass is 321 g/mol. The van der Waals surface area contributed by atoms with Crippen molar-refractivity contribution in [3.63, 3.8) is 0 Å². The number of carbonyl (C=O) groups excluding carboxylic acids is 1. The van der Waals surface area contributed by atoms with E-state index in [-0.39, 0.29) is 5.91 Å². The lowest BCUT2D eigenvalue weighted by atomic mass is 10.1. The normalized spacial score (nSPS) is 10.6. The van der Waals surface area contributed by atoms with E-state index in [2.05, 4.69) is 20.4 Å². The van der Waals surface area contributed by atoms with Crippen LogP contribution in [-0.2, 0) is 13.6 Å². The second-order valence-corrected chi connectivity index (χ2v) is 5.61. The minimum Gasteiger partial charge on any atom is -0.346 e. The Morgan fingerprint density at radius 2 is 1.92 bits per heavy atom. The van der Waals surface area contributed by atoms with Crippen LogP contribution < -0.4 is 5.32 Å². The van der Waals surface area contributed by atoms with Crippen LogP contribution in [0, 0.1) is 13.8 Å². The van der Waals surface area contributed by atoms with Crippen molar-refractivity contribution in [2.24, 2.45) is 7.05 Å². The summed E-state index contributed by atoms with van der Waals surface area (Å²) in [6.45, 7) is 4.06. The lowest BCUT2D eigenvalue weighted by Gasteiger charge is -2.07. The first-order valence-electron chi connectivity index (χ1n) is 7.71. The number of nitrogens with zero attached hydrogens (tertiary/aromatic N) is 4. The molecule has 122 valence electrons. The van der Waals surface area contributed by atoms with E-state index >= 15 is 0 Å². The van der Waals surface area contributed by atoms with Gasteiger partial charge >= 0.3 is 0 Å². The molecule has 0 bridgehead atoms. The highest BCUT2D eigenvalue weighted by atomic mass is 16.1. The van der Waals surface area contributed by atoms with Gasteiger partial charge in [-0.15, -0.1) is 0 Å². The van der Waals surface area contributed by atoms with Crippen molar-refractivity contribution < 1.29 is 4.79 Å². The summed E-state index contributed by atoms with van der Waals surface area (Å²) in [7, 11) is 1.83.